The molecule has 1 aliphatic heterocycles. The zero-order valence-electron chi connectivity index (χ0n) is 23.6. The van der Waals surface area contributed by atoms with Crippen LogP contribution in [0.4, 0.5) is 0 Å². The van der Waals surface area contributed by atoms with E-state index in [-0.39, 0.29) is 17.9 Å². The maximum absolute atomic E-state index is 13.6. The van der Waals surface area contributed by atoms with Crippen LogP contribution in [0.1, 0.15) is 42.1 Å². The molecule has 0 saturated carbocycles. The first-order valence-corrected chi connectivity index (χ1v) is 12.9. The predicted molar refractivity (Wildman–Crippen MR) is 150 cm³/mol. The van der Waals surface area contributed by atoms with Gasteiger partial charge in [0.15, 0.2) is 11.5 Å². The standard InChI is InChI=1S/C31H34N2O7/c1-18(2)17-40-22-9-10-23(19(3)12-22)28(34)26-27(21-13-24(37-4)30(39-6)25(14-21)38-5)33(31(36)29(26)35)16-20-8-7-11-32-15-20/h7-15,18,27,34H,16-17H2,1-6H3. The molecule has 40 heavy (non-hydrogen) atoms. The fourth-order valence-electron chi connectivity index (χ4n) is 4.74. The maximum Gasteiger partial charge on any atom is 0.295 e. The summed E-state index contributed by atoms with van der Waals surface area (Å²) < 4.78 is 22.4. The number of aliphatic hydroxyl groups is 1. The molecule has 0 radical (unpaired) electrons. The van der Waals surface area contributed by atoms with Crippen molar-refractivity contribution in [3.63, 3.8) is 0 Å². The molecule has 0 aliphatic carbocycles. The van der Waals surface area contributed by atoms with Crippen LogP contribution < -0.4 is 18.9 Å². The molecular weight excluding hydrogens is 512 g/mol. The average Bonchev–Trinajstić information content (AvgIpc) is 3.20. The van der Waals surface area contributed by atoms with Gasteiger partial charge in [-0.15, -0.1) is 0 Å². The number of ether oxygens (including phenoxy) is 4. The lowest BCUT2D eigenvalue weighted by Gasteiger charge is -2.26. The Morgan fingerprint density at radius 2 is 1.73 bits per heavy atom. The second-order valence-electron chi connectivity index (χ2n) is 9.93. The minimum atomic E-state index is -0.940. The minimum Gasteiger partial charge on any atom is -0.507 e. The smallest absolute Gasteiger partial charge is 0.295 e. The van der Waals surface area contributed by atoms with Gasteiger partial charge in [0, 0.05) is 24.5 Å². The summed E-state index contributed by atoms with van der Waals surface area (Å²) in [6.45, 7) is 6.57. The van der Waals surface area contributed by atoms with E-state index in [1.807, 2.05) is 13.0 Å². The molecule has 4 rings (SSSR count). The predicted octanol–water partition coefficient (Wildman–Crippen LogP) is 5.07. The zero-order chi connectivity index (χ0) is 29.0. The Hall–Kier alpha value is -4.53. The van der Waals surface area contributed by atoms with Crippen LogP contribution in [-0.4, -0.2) is 54.6 Å². The number of hydrogen-bond acceptors (Lipinski definition) is 8. The molecule has 210 valence electrons. The Bertz CT molecular complexity index is 1410. The van der Waals surface area contributed by atoms with Gasteiger partial charge in [-0.3, -0.25) is 14.6 Å². The summed E-state index contributed by atoms with van der Waals surface area (Å²) in [6, 6.07) is 11.2. The van der Waals surface area contributed by atoms with Crippen molar-refractivity contribution in [2.75, 3.05) is 27.9 Å². The number of benzene rings is 2. The first kappa shape index (κ1) is 28.5. The van der Waals surface area contributed by atoms with Gasteiger partial charge in [0.05, 0.1) is 39.6 Å². The fourth-order valence-corrected chi connectivity index (χ4v) is 4.74. The summed E-state index contributed by atoms with van der Waals surface area (Å²) in [7, 11) is 4.46. The number of nitrogens with zero attached hydrogens (tertiary/aromatic N) is 2. The van der Waals surface area contributed by atoms with Gasteiger partial charge in [0.1, 0.15) is 11.5 Å². The Morgan fingerprint density at radius 3 is 2.27 bits per heavy atom. The lowest BCUT2D eigenvalue weighted by molar-refractivity contribution is -0.140. The van der Waals surface area contributed by atoms with Gasteiger partial charge in [0.2, 0.25) is 5.75 Å². The van der Waals surface area contributed by atoms with Crippen LogP contribution >= 0.6 is 0 Å². The molecule has 0 bridgehead atoms. The van der Waals surface area contributed by atoms with Crippen molar-refractivity contribution in [1.29, 1.82) is 0 Å². The SMILES string of the molecule is COc1cc(C2C(=C(O)c3ccc(OCC(C)C)cc3C)C(=O)C(=O)N2Cc2cccnc2)cc(OC)c1OC. The molecule has 9 nitrogen and oxygen atoms in total. The molecule has 1 N–H and O–H groups in total. The van der Waals surface area contributed by atoms with Crippen molar-refractivity contribution >= 4 is 17.4 Å². The third kappa shape index (κ3) is 5.59. The number of Topliss-reactive ketones (excluding diaryl/α,β-unsaturated/α-hetero) is 1. The Morgan fingerprint density at radius 1 is 1.02 bits per heavy atom. The van der Waals surface area contributed by atoms with Crippen LogP contribution in [0.2, 0.25) is 0 Å². The highest BCUT2D eigenvalue weighted by Crippen LogP contribution is 2.46. The number of likely N-dealkylation sites (tertiary alicyclic amines) is 1. The summed E-state index contributed by atoms with van der Waals surface area (Å²) in [5.74, 6) is 0.268. The first-order valence-electron chi connectivity index (χ1n) is 12.9. The number of methoxy groups -OCH3 is 3. The minimum absolute atomic E-state index is 0.0397. The van der Waals surface area contributed by atoms with Gasteiger partial charge in [-0.05, 0) is 65.9 Å². The topological polar surface area (TPSA) is 107 Å². The van der Waals surface area contributed by atoms with E-state index in [9.17, 15) is 14.7 Å². The van der Waals surface area contributed by atoms with E-state index in [0.29, 0.717) is 52.2 Å². The van der Waals surface area contributed by atoms with Crippen molar-refractivity contribution in [3.05, 3.63) is 82.7 Å². The van der Waals surface area contributed by atoms with Gasteiger partial charge in [-0.25, -0.2) is 0 Å². The number of aryl methyl sites for hydroxylation is 1. The summed E-state index contributed by atoms with van der Waals surface area (Å²) in [5, 5.41) is 11.6. The first-order chi connectivity index (χ1) is 19.2. The number of hydrogen-bond donors (Lipinski definition) is 1. The second kappa shape index (κ2) is 12.1. The normalized spacial score (nSPS) is 16.4. The van der Waals surface area contributed by atoms with E-state index in [0.717, 1.165) is 5.56 Å². The third-order valence-corrected chi connectivity index (χ3v) is 6.65. The number of rotatable bonds is 10. The lowest BCUT2D eigenvalue weighted by atomic mass is 9.93. The number of pyridine rings is 1. The van der Waals surface area contributed by atoms with Crippen LogP contribution in [0.15, 0.2) is 60.4 Å². The van der Waals surface area contributed by atoms with Crippen LogP contribution in [-0.2, 0) is 16.1 Å². The van der Waals surface area contributed by atoms with E-state index in [1.165, 1.54) is 26.2 Å². The van der Waals surface area contributed by atoms with Gasteiger partial charge in [-0.2, -0.15) is 0 Å². The molecule has 1 amide bonds. The number of aromatic nitrogens is 1. The molecule has 3 aromatic rings. The molecule has 2 aromatic carbocycles. The van der Waals surface area contributed by atoms with Gasteiger partial charge in [-0.1, -0.05) is 19.9 Å². The number of amides is 1. The molecule has 1 fully saturated rings. The van der Waals surface area contributed by atoms with E-state index in [2.05, 4.69) is 18.8 Å². The summed E-state index contributed by atoms with van der Waals surface area (Å²) in [5.41, 5.74) is 2.31. The lowest BCUT2D eigenvalue weighted by Crippen LogP contribution is -2.29. The highest BCUT2D eigenvalue weighted by Gasteiger charge is 2.46. The third-order valence-electron chi connectivity index (χ3n) is 6.65. The van der Waals surface area contributed by atoms with Gasteiger partial charge >= 0.3 is 0 Å². The number of carbonyl (C=O) groups excluding carboxylic acids is 2. The number of ketones is 1. The van der Waals surface area contributed by atoms with Crippen molar-refractivity contribution < 1.29 is 33.6 Å². The van der Waals surface area contributed by atoms with Gasteiger partial charge in [0.25, 0.3) is 11.7 Å². The van der Waals surface area contributed by atoms with Crippen LogP contribution in [0.3, 0.4) is 0 Å². The van der Waals surface area contributed by atoms with Crippen molar-refractivity contribution in [2.24, 2.45) is 5.92 Å². The number of carbonyl (C=O) groups is 2. The molecule has 9 heteroatoms. The Balaban J connectivity index is 1.89. The van der Waals surface area contributed by atoms with E-state index in [4.69, 9.17) is 18.9 Å². The van der Waals surface area contributed by atoms with Crippen molar-refractivity contribution in [3.8, 4) is 23.0 Å². The maximum atomic E-state index is 13.6. The van der Waals surface area contributed by atoms with E-state index in [1.54, 1.807) is 48.8 Å². The number of aliphatic hydroxyl groups excluding tert-OH is 1. The molecule has 1 atom stereocenters. The highest BCUT2D eigenvalue weighted by molar-refractivity contribution is 6.46. The summed E-state index contributed by atoms with van der Waals surface area (Å²) in [4.78, 5) is 32.6. The highest BCUT2D eigenvalue weighted by atomic mass is 16.5. The second-order valence-corrected chi connectivity index (χ2v) is 9.93. The monoisotopic (exact) mass is 546 g/mol. The molecule has 1 aromatic heterocycles. The van der Waals surface area contributed by atoms with Crippen LogP contribution in [0.5, 0.6) is 23.0 Å². The summed E-state index contributed by atoms with van der Waals surface area (Å²) in [6.07, 6.45) is 3.26. The molecule has 0 spiro atoms. The fraction of sp³-hybridized carbons (Fsp3) is 0.323. The largest absolute Gasteiger partial charge is 0.507 e. The van der Waals surface area contributed by atoms with E-state index < -0.39 is 17.7 Å². The quantitative estimate of drug-likeness (QED) is 0.213. The van der Waals surface area contributed by atoms with Gasteiger partial charge < -0.3 is 29.0 Å². The summed E-state index contributed by atoms with van der Waals surface area (Å²) >= 11 is 0. The molecule has 1 unspecified atom stereocenters. The molecular formula is C31H34N2O7. The van der Waals surface area contributed by atoms with Crippen LogP contribution in [0, 0.1) is 12.8 Å². The van der Waals surface area contributed by atoms with E-state index >= 15 is 0 Å². The molecule has 1 aliphatic rings. The zero-order valence-corrected chi connectivity index (χ0v) is 23.6. The van der Waals surface area contributed by atoms with Crippen molar-refractivity contribution in [2.45, 2.75) is 33.4 Å². The Kier molecular flexibility index (Phi) is 8.62. The Labute approximate surface area is 234 Å². The average molecular weight is 547 g/mol. The molecule has 2 heterocycles. The van der Waals surface area contributed by atoms with Crippen LogP contribution in [0.25, 0.3) is 5.76 Å². The van der Waals surface area contributed by atoms with Crippen molar-refractivity contribution in [1.82, 2.24) is 9.88 Å². The molecule has 1 saturated heterocycles.